The fraction of sp³-hybridized carbons (Fsp3) is 0.296. The molecule has 6 heteroatoms. The maximum atomic E-state index is 13.3. The summed E-state index contributed by atoms with van der Waals surface area (Å²) in [6, 6.07) is 16.1. The van der Waals surface area contributed by atoms with Crippen LogP contribution in [0.25, 0.3) is 5.57 Å². The van der Waals surface area contributed by atoms with Crippen LogP contribution in [0.5, 0.6) is 0 Å². The fourth-order valence-corrected chi connectivity index (χ4v) is 6.52. The van der Waals surface area contributed by atoms with Crippen molar-refractivity contribution in [3.63, 3.8) is 0 Å². The zero-order valence-corrected chi connectivity index (χ0v) is 20.0. The number of nitrogens with one attached hydrogen (secondary N) is 1. The molecule has 0 saturated heterocycles. The lowest BCUT2D eigenvalue weighted by Crippen LogP contribution is -2.40. The molecule has 2 heterocycles. The first kappa shape index (κ1) is 21.9. The van der Waals surface area contributed by atoms with Gasteiger partial charge in [-0.05, 0) is 85.2 Å². The highest BCUT2D eigenvalue weighted by atomic mass is 32.1. The highest BCUT2D eigenvalue weighted by molar-refractivity contribution is 7.11. The Kier molecular flexibility index (Phi) is 5.40. The minimum atomic E-state index is -0.867. The van der Waals surface area contributed by atoms with E-state index in [2.05, 4.69) is 48.8 Å². The molecule has 2 aromatic carbocycles. The molecular formula is C27H28N2O3S. The molecular weight excluding hydrogens is 432 g/mol. The molecule has 4 atom stereocenters. The third kappa shape index (κ3) is 3.41. The van der Waals surface area contributed by atoms with Gasteiger partial charge in [-0.1, -0.05) is 29.8 Å². The molecule has 1 amide bonds. The molecule has 0 fully saturated rings. The monoisotopic (exact) mass is 460 g/mol. The number of amides is 1. The fourth-order valence-electron chi connectivity index (χ4n) is 5.47. The van der Waals surface area contributed by atoms with Gasteiger partial charge in [0, 0.05) is 22.2 Å². The molecule has 1 aromatic heterocycles. The Labute approximate surface area is 198 Å². The molecule has 0 bridgehead atoms. The number of carbonyl (C=O) groups is 1. The SMILES string of the molecule is CC1=C(c2sccc2C)c2ccccc2C1C1C(=O)Nc2ccc(N(C(C)O)C(C)O)cc21. The second-order valence-electron chi connectivity index (χ2n) is 8.97. The minimum absolute atomic E-state index is 0.0221. The van der Waals surface area contributed by atoms with E-state index in [0.29, 0.717) is 5.69 Å². The maximum Gasteiger partial charge on any atom is 0.232 e. The van der Waals surface area contributed by atoms with Gasteiger partial charge in [-0.2, -0.15) is 0 Å². The van der Waals surface area contributed by atoms with Gasteiger partial charge in [0.1, 0.15) is 12.5 Å². The van der Waals surface area contributed by atoms with Crippen LogP contribution >= 0.6 is 11.3 Å². The molecule has 0 spiro atoms. The van der Waals surface area contributed by atoms with Crippen LogP contribution in [-0.2, 0) is 4.79 Å². The Morgan fingerprint density at radius 2 is 1.70 bits per heavy atom. The van der Waals surface area contributed by atoms with Crippen molar-refractivity contribution in [1.29, 1.82) is 0 Å². The van der Waals surface area contributed by atoms with Crippen LogP contribution < -0.4 is 10.2 Å². The average molecular weight is 461 g/mol. The Balaban J connectivity index is 1.67. The van der Waals surface area contributed by atoms with Crippen LogP contribution in [0.3, 0.4) is 0 Å². The first-order valence-electron chi connectivity index (χ1n) is 11.2. The molecule has 1 aliphatic heterocycles. The van der Waals surface area contributed by atoms with Crippen molar-refractivity contribution in [2.24, 2.45) is 0 Å². The van der Waals surface area contributed by atoms with Gasteiger partial charge in [-0.15, -0.1) is 11.3 Å². The van der Waals surface area contributed by atoms with Crippen LogP contribution in [-0.4, -0.2) is 28.6 Å². The van der Waals surface area contributed by atoms with E-state index in [4.69, 9.17) is 0 Å². The highest BCUT2D eigenvalue weighted by Gasteiger charge is 2.43. The second-order valence-corrected chi connectivity index (χ2v) is 9.88. The van der Waals surface area contributed by atoms with Gasteiger partial charge in [-0.25, -0.2) is 0 Å². The number of thiophene rings is 1. The number of hydrogen-bond donors (Lipinski definition) is 3. The van der Waals surface area contributed by atoms with Gasteiger partial charge in [0.25, 0.3) is 0 Å². The van der Waals surface area contributed by atoms with Crippen LogP contribution in [0.2, 0.25) is 0 Å². The van der Waals surface area contributed by atoms with Crippen LogP contribution in [0, 0.1) is 6.92 Å². The molecule has 170 valence electrons. The van der Waals surface area contributed by atoms with E-state index in [-0.39, 0.29) is 17.7 Å². The van der Waals surface area contributed by atoms with Gasteiger partial charge < -0.3 is 20.4 Å². The highest BCUT2D eigenvalue weighted by Crippen LogP contribution is 2.54. The summed E-state index contributed by atoms with van der Waals surface area (Å²) in [5.41, 5.74) is 8.40. The van der Waals surface area contributed by atoms with Crippen molar-refractivity contribution in [2.75, 3.05) is 10.2 Å². The topological polar surface area (TPSA) is 72.8 Å². The molecule has 3 N–H and O–H groups in total. The summed E-state index contributed by atoms with van der Waals surface area (Å²) in [6.45, 7) is 7.52. The normalized spacial score (nSPS) is 21.0. The molecule has 0 saturated carbocycles. The number of hydrogen-bond acceptors (Lipinski definition) is 5. The van der Waals surface area contributed by atoms with E-state index in [1.165, 1.54) is 37.6 Å². The summed E-state index contributed by atoms with van der Waals surface area (Å²) in [7, 11) is 0. The Morgan fingerprint density at radius 3 is 2.36 bits per heavy atom. The second kappa shape index (κ2) is 8.13. The zero-order chi connectivity index (χ0) is 23.4. The van der Waals surface area contributed by atoms with Crippen molar-refractivity contribution in [2.45, 2.75) is 52.0 Å². The predicted octanol–water partition coefficient (Wildman–Crippen LogP) is 5.19. The number of nitrogens with zero attached hydrogens (tertiary/aromatic N) is 1. The lowest BCUT2D eigenvalue weighted by molar-refractivity contribution is -0.117. The quantitative estimate of drug-likeness (QED) is 0.458. The molecule has 5 rings (SSSR count). The number of benzene rings is 2. The number of rotatable bonds is 5. The zero-order valence-electron chi connectivity index (χ0n) is 19.2. The standard InChI is InChI=1S/C27H28N2O3S/c1-14-11-12-33-26(14)24-15(2)23(19-7-5-6-8-20(19)24)25-21-13-18(29(16(3)30)17(4)31)9-10-22(21)28-27(25)32/h5-13,16-17,23,25,30-31H,1-4H3,(H,28,32). The van der Waals surface area contributed by atoms with E-state index in [9.17, 15) is 15.0 Å². The number of aliphatic hydroxyl groups excluding tert-OH is 2. The molecule has 5 nitrogen and oxygen atoms in total. The van der Waals surface area contributed by atoms with Crippen LogP contribution in [0.15, 0.2) is 59.5 Å². The van der Waals surface area contributed by atoms with E-state index >= 15 is 0 Å². The number of aryl methyl sites for hydroxylation is 1. The van der Waals surface area contributed by atoms with Crippen molar-refractivity contribution >= 4 is 34.2 Å². The third-order valence-corrected chi connectivity index (χ3v) is 7.90. The van der Waals surface area contributed by atoms with Gasteiger partial charge in [-0.3, -0.25) is 4.79 Å². The molecule has 2 aliphatic rings. The number of fused-ring (bicyclic) bond motifs is 2. The first-order valence-corrected chi connectivity index (χ1v) is 12.1. The molecule has 3 aromatic rings. The first-order chi connectivity index (χ1) is 15.8. The Bertz CT molecular complexity index is 1270. The summed E-state index contributed by atoms with van der Waals surface area (Å²) in [4.78, 5) is 16.1. The maximum absolute atomic E-state index is 13.3. The van der Waals surface area contributed by atoms with Crippen LogP contribution in [0.1, 0.15) is 59.7 Å². The lowest BCUT2D eigenvalue weighted by Gasteiger charge is -2.31. The molecule has 0 radical (unpaired) electrons. The molecule has 33 heavy (non-hydrogen) atoms. The smallest absolute Gasteiger partial charge is 0.232 e. The van der Waals surface area contributed by atoms with E-state index in [1.54, 1.807) is 25.2 Å². The summed E-state index contributed by atoms with van der Waals surface area (Å²) in [6.07, 6.45) is -1.73. The Morgan fingerprint density at radius 1 is 0.970 bits per heavy atom. The minimum Gasteiger partial charge on any atom is -0.374 e. The van der Waals surface area contributed by atoms with Crippen molar-refractivity contribution in [1.82, 2.24) is 0 Å². The summed E-state index contributed by atoms with van der Waals surface area (Å²) in [5.74, 6) is -0.490. The summed E-state index contributed by atoms with van der Waals surface area (Å²) < 4.78 is 0. The van der Waals surface area contributed by atoms with Gasteiger partial charge >= 0.3 is 0 Å². The molecule has 1 aliphatic carbocycles. The van der Waals surface area contributed by atoms with Gasteiger partial charge in [0.15, 0.2) is 0 Å². The summed E-state index contributed by atoms with van der Waals surface area (Å²) >= 11 is 1.74. The van der Waals surface area contributed by atoms with E-state index < -0.39 is 12.5 Å². The van der Waals surface area contributed by atoms with Crippen molar-refractivity contribution in [3.05, 3.63) is 86.6 Å². The number of allylic oxidation sites excluding steroid dienone is 1. The van der Waals surface area contributed by atoms with E-state index in [1.807, 2.05) is 24.3 Å². The van der Waals surface area contributed by atoms with Crippen LogP contribution in [0.4, 0.5) is 11.4 Å². The van der Waals surface area contributed by atoms with Gasteiger partial charge in [0.2, 0.25) is 5.91 Å². The van der Waals surface area contributed by atoms with Crippen molar-refractivity contribution < 1.29 is 15.0 Å². The third-order valence-electron chi connectivity index (χ3n) is 6.86. The number of anilines is 2. The summed E-state index contributed by atoms with van der Waals surface area (Å²) in [5, 5.41) is 25.6. The lowest BCUT2D eigenvalue weighted by atomic mass is 9.80. The van der Waals surface area contributed by atoms with Crippen molar-refractivity contribution in [3.8, 4) is 0 Å². The average Bonchev–Trinajstić information content (AvgIpc) is 3.40. The van der Waals surface area contributed by atoms with Gasteiger partial charge in [0.05, 0.1) is 5.92 Å². The van der Waals surface area contributed by atoms with E-state index in [0.717, 1.165) is 11.3 Å². The largest absolute Gasteiger partial charge is 0.374 e. The number of carbonyl (C=O) groups excluding carboxylic acids is 1. The predicted molar refractivity (Wildman–Crippen MR) is 134 cm³/mol. The molecule has 4 unspecified atom stereocenters. The number of aliphatic hydroxyl groups is 2. The Hall–Kier alpha value is -2.93.